The Bertz CT molecular complexity index is 169. The lowest BCUT2D eigenvalue weighted by Gasteiger charge is -2.01. The minimum Gasteiger partial charge on any atom is -0.550 e. The fraction of sp³-hybridized carbons (Fsp3) is 0.833. The minimum atomic E-state index is -1.14. The summed E-state index contributed by atoms with van der Waals surface area (Å²) in [4.78, 5) is 19.5. The van der Waals surface area contributed by atoms with Crippen molar-refractivity contribution in [2.45, 2.75) is 59.3 Å². The predicted molar refractivity (Wildman–Crippen MR) is 58.2 cm³/mol. The van der Waals surface area contributed by atoms with Gasteiger partial charge in [-0.05, 0) is 31.6 Å². The molecule has 0 amide bonds. The standard InChI is InChI=1S/C6H10O4.C6H14/c7-5(8)3-1-2-4-6(9)10;1-4-6(3)5-2/h1-4H2,(H,7,8)(H,9,10);6H,4-5H2,1-3H3/p-2. The lowest BCUT2D eigenvalue weighted by atomic mass is 10.1. The fourth-order valence-electron chi connectivity index (χ4n) is 0.827. The molecule has 0 bridgehead atoms. The average molecular weight is 230 g/mol. The normalized spacial score (nSPS) is 9.50. The number of carboxylic acid groups (broad SMARTS) is 2. The van der Waals surface area contributed by atoms with E-state index in [1.807, 2.05) is 0 Å². The van der Waals surface area contributed by atoms with Crippen LogP contribution in [0.15, 0.2) is 0 Å². The Hall–Kier alpha value is -1.06. The molecule has 0 atom stereocenters. The summed E-state index contributed by atoms with van der Waals surface area (Å²) in [6.07, 6.45) is 3.19. The van der Waals surface area contributed by atoms with Gasteiger partial charge in [-0.2, -0.15) is 0 Å². The van der Waals surface area contributed by atoms with Crippen LogP contribution in [0.4, 0.5) is 0 Å². The number of rotatable bonds is 7. The van der Waals surface area contributed by atoms with Gasteiger partial charge in [0.1, 0.15) is 0 Å². The molecule has 4 nitrogen and oxygen atoms in total. The van der Waals surface area contributed by atoms with E-state index in [0.717, 1.165) is 5.92 Å². The lowest BCUT2D eigenvalue weighted by molar-refractivity contribution is -0.308. The van der Waals surface area contributed by atoms with Crippen LogP contribution in [0.5, 0.6) is 0 Å². The van der Waals surface area contributed by atoms with Crippen molar-refractivity contribution in [3.63, 3.8) is 0 Å². The fourth-order valence-corrected chi connectivity index (χ4v) is 0.827. The van der Waals surface area contributed by atoms with Crippen molar-refractivity contribution >= 4 is 11.9 Å². The van der Waals surface area contributed by atoms with Gasteiger partial charge in [-0.3, -0.25) is 0 Å². The Morgan fingerprint density at radius 3 is 1.38 bits per heavy atom. The Kier molecular flexibility index (Phi) is 13.0. The summed E-state index contributed by atoms with van der Waals surface area (Å²) in [6.45, 7) is 6.74. The van der Waals surface area contributed by atoms with Crippen LogP contribution < -0.4 is 10.2 Å². The molecule has 0 rings (SSSR count). The highest BCUT2D eigenvalue weighted by Crippen LogP contribution is 2.02. The molecular formula is C12H22O4-2. The average Bonchev–Trinajstić information content (AvgIpc) is 2.23. The number of carboxylic acids is 2. The predicted octanol–water partition coefficient (Wildman–Crippen LogP) is 0.489. The van der Waals surface area contributed by atoms with Crippen molar-refractivity contribution in [2.24, 2.45) is 5.92 Å². The van der Waals surface area contributed by atoms with Gasteiger partial charge in [0.2, 0.25) is 0 Å². The Morgan fingerprint density at radius 2 is 1.25 bits per heavy atom. The van der Waals surface area contributed by atoms with Crippen molar-refractivity contribution in [1.29, 1.82) is 0 Å². The number of carbonyl (C=O) groups excluding carboxylic acids is 2. The number of hydrogen-bond donors (Lipinski definition) is 0. The van der Waals surface area contributed by atoms with E-state index in [2.05, 4.69) is 20.8 Å². The summed E-state index contributed by atoms with van der Waals surface area (Å²) in [7, 11) is 0. The molecule has 0 aromatic carbocycles. The van der Waals surface area contributed by atoms with Crippen LogP contribution in [-0.2, 0) is 9.59 Å². The van der Waals surface area contributed by atoms with Gasteiger partial charge in [0.25, 0.3) is 0 Å². The summed E-state index contributed by atoms with van der Waals surface area (Å²) in [5, 5.41) is 19.5. The van der Waals surface area contributed by atoms with Gasteiger partial charge in [0.05, 0.1) is 0 Å². The molecule has 4 heteroatoms. The van der Waals surface area contributed by atoms with Gasteiger partial charge in [-0.1, -0.05) is 33.6 Å². The maximum Gasteiger partial charge on any atom is 0.0414 e. The van der Waals surface area contributed by atoms with Crippen molar-refractivity contribution in [1.82, 2.24) is 0 Å². The number of unbranched alkanes of at least 4 members (excludes halogenated alkanes) is 1. The van der Waals surface area contributed by atoms with Gasteiger partial charge < -0.3 is 19.8 Å². The van der Waals surface area contributed by atoms with Gasteiger partial charge in [-0.25, -0.2) is 0 Å². The van der Waals surface area contributed by atoms with E-state index in [1.165, 1.54) is 12.8 Å². The maximum atomic E-state index is 9.77. The minimum absolute atomic E-state index is 0.0761. The quantitative estimate of drug-likeness (QED) is 0.596. The lowest BCUT2D eigenvalue weighted by Crippen LogP contribution is -2.23. The van der Waals surface area contributed by atoms with Crippen LogP contribution >= 0.6 is 0 Å². The molecule has 0 aliphatic rings. The van der Waals surface area contributed by atoms with E-state index in [4.69, 9.17) is 0 Å². The summed E-state index contributed by atoms with van der Waals surface area (Å²) < 4.78 is 0. The highest BCUT2D eigenvalue weighted by molar-refractivity contribution is 5.65. The summed E-state index contributed by atoms with van der Waals surface area (Å²) >= 11 is 0. The van der Waals surface area contributed by atoms with Gasteiger partial charge in [-0.15, -0.1) is 0 Å². The first-order valence-corrected chi connectivity index (χ1v) is 5.83. The first-order valence-electron chi connectivity index (χ1n) is 5.83. The molecule has 0 fully saturated rings. The van der Waals surface area contributed by atoms with Gasteiger partial charge in [0, 0.05) is 11.9 Å². The topological polar surface area (TPSA) is 80.3 Å². The first-order chi connectivity index (χ1) is 7.43. The highest BCUT2D eigenvalue weighted by Gasteiger charge is 1.89. The molecule has 0 spiro atoms. The molecule has 0 aliphatic carbocycles. The van der Waals surface area contributed by atoms with Crippen molar-refractivity contribution < 1.29 is 19.8 Å². The second-order valence-corrected chi connectivity index (χ2v) is 3.87. The highest BCUT2D eigenvalue weighted by atomic mass is 16.4. The summed E-state index contributed by atoms with van der Waals surface area (Å²) in [5.74, 6) is -1.35. The molecule has 0 unspecified atom stereocenters. The molecular weight excluding hydrogens is 208 g/mol. The molecule has 0 saturated heterocycles. The molecule has 0 radical (unpaired) electrons. The van der Waals surface area contributed by atoms with Gasteiger partial charge >= 0.3 is 0 Å². The van der Waals surface area contributed by atoms with Crippen LogP contribution in [0.2, 0.25) is 0 Å². The van der Waals surface area contributed by atoms with Crippen LogP contribution in [0, 0.1) is 5.92 Å². The molecule has 0 N–H and O–H groups in total. The molecule has 0 aromatic heterocycles. The molecule has 16 heavy (non-hydrogen) atoms. The Morgan fingerprint density at radius 1 is 0.938 bits per heavy atom. The molecule has 96 valence electrons. The van der Waals surface area contributed by atoms with Crippen LogP contribution in [0.25, 0.3) is 0 Å². The van der Waals surface area contributed by atoms with E-state index in [-0.39, 0.29) is 12.8 Å². The zero-order chi connectivity index (χ0) is 13.0. The molecule has 0 heterocycles. The van der Waals surface area contributed by atoms with E-state index >= 15 is 0 Å². The van der Waals surface area contributed by atoms with Gasteiger partial charge in [0.15, 0.2) is 0 Å². The third kappa shape index (κ3) is 18.7. The maximum absolute atomic E-state index is 9.77. The molecule has 0 aliphatic heterocycles. The number of hydrogen-bond acceptors (Lipinski definition) is 4. The second kappa shape index (κ2) is 12.0. The molecule has 0 aromatic rings. The third-order valence-electron chi connectivity index (χ3n) is 2.41. The zero-order valence-corrected chi connectivity index (χ0v) is 10.5. The van der Waals surface area contributed by atoms with E-state index < -0.39 is 11.9 Å². The van der Waals surface area contributed by atoms with Crippen LogP contribution in [0.3, 0.4) is 0 Å². The largest absolute Gasteiger partial charge is 0.550 e. The SMILES string of the molecule is CCC(C)CC.O=C([O-])CCCCC(=O)[O-]. The van der Waals surface area contributed by atoms with Crippen molar-refractivity contribution in [2.75, 3.05) is 0 Å². The zero-order valence-electron chi connectivity index (χ0n) is 10.5. The smallest absolute Gasteiger partial charge is 0.0414 e. The van der Waals surface area contributed by atoms with E-state index in [1.54, 1.807) is 0 Å². The third-order valence-corrected chi connectivity index (χ3v) is 2.41. The summed E-state index contributed by atoms with van der Waals surface area (Å²) in [5.41, 5.74) is 0. The van der Waals surface area contributed by atoms with E-state index in [0.29, 0.717) is 12.8 Å². The van der Waals surface area contributed by atoms with Crippen molar-refractivity contribution in [3.8, 4) is 0 Å². The molecule has 0 saturated carbocycles. The number of carbonyl (C=O) groups is 2. The monoisotopic (exact) mass is 230 g/mol. The first kappa shape index (κ1) is 17.3. The van der Waals surface area contributed by atoms with Crippen molar-refractivity contribution in [3.05, 3.63) is 0 Å². The van der Waals surface area contributed by atoms with Crippen LogP contribution in [0.1, 0.15) is 59.3 Å². The summed E-state index contributed by atoms with van der Waals surface area (Å²) in [6, 6.07) is 0. The second-order valence-electron chi connectivity index (χ2n) is 3.87. The van der Waals surface area contributed by atoms with Crippen LogP contribution in [-0.4, -0.2) is 11.9 Å². The van der Waals surface area contributed by atoms with E-state index in [9.17, 15) is 19.8 Å². The Labute approximate surface area is 97.7 Å². The Balaban J connectivity index is 0. The number of aliphatic carboxylic acids is 2.